The second kappa shape index (κ2) is 4.05. The molecule has 0 N–H and O–H groups in total. The van der Waals surface area contributed by atoms with Crippen LogP contribution in [0.25, 0.3) is 5.57 Å². The molecular formula is C13H12O. The first-order valence-corrected chi connectivity index (χ1v) is 4.83. The van der Waals surface area contributed by atoms with Crippen molar-refractivity contribution in [1.82, 2.24) is 0 Å². The molecule has 0 amide bonds. The van der Waals surface area contributed by atoms with Gasteiger partial charge in [-0.2, -0.15) is 0 Å². The number of benzene rings is 1. The fourth-order valence-corrected chi connectivity index (χ4v) is 1.68. The Balaban J connectivity index is 2.44. The van der Waals surface area contributed by atoms with E-state index in [2.05, 4.69) is 18.2 Å². The number of aldehydes is 1. The standard InChI is InChI=1S/C13H12O/c14-10-12-8-4-5-9-13(12)11-6-2-1-3-7-11/h2,4-10H,1,3H2. The van der Waals surface area contributed by atoms with Crippen LogP contribution in [0.15, 0.2) is 42.5 Å². The maximum absolute atomic E-state index is 10.8. The van der Waals surface area contributed by atoms with Crippen molar-refractivity contribution in [1.29, 1.82) is 0 Å². The van der Waals surface area contributed by atoms with Crippen molar-refractivity contribution in [3.8, 4) is 0 Å². The van der Waals surface area contributed by atoms with Gasteiger partial charge in [0, 0.05) is 5.56 Å². The van der Waals surface area contributed by atoms with Crippen LogP contribution in [0.4, 0.5) is 0 Å². The zero-order chi connectivity index (χ0) is 9.80. The molecule has 0 atom stereocenters. The van der Waals surface area contributed by atoms with Gasteiger partial charge in [-0.05, 0) is 24.0 Å². The van der Waals surface area contributed by atoms with Crippen LogP contribution in [0.5, 0.6) is 0 Å². The first-order valence-electron chi connectivity index (χ1n) is 4.83. The van der Waals surface area contributed by atoms with E-state index in [1.807, 2.05) is 24.3 Å². The molecule has 2 rings (SSSR count). The molecule has 1 nitrogen and oxygen atoms in total. The van der Waals surface area contributed by atoms with Gasteiger partial charge < -0.3 is 0 Å². The first-order chi connectivity index (χ1) is 6.92. The Morgan fingerprint density at radius 2 is 2.00 bits per heavy atom. The molecule has 1 aromatic rings. The minimum absolute atomic E-state index is 0.769. The van der Waals surface area contributed by atoms with Crippen LogP contribution >= 0.6 is 0 Å². The molecular weight excluding hydrogens is 172 g/mol. The Bertz CT molecular complexity index is 399. The summed E-state index contributed by atoms with van der Waals surface area (Å²) in [6, 6.07) is 7.70. The third-order valence-electron chi connectivity index (χ3n) is 2.39. The molecule has 1 aliphatic carbocycles. The highest BCUT2D eigenvalue weighted by atomic mass is 16.1. The maximum atomic E-state index is 10.8. The number of carbonyl (C=O) groups excluding carboxylic acids is 1. The zero-order valence-corrected chi connectivity index (χ0v) is 7.94. The van der Waals surface area contributed by atoms with Crippen molar-refractivity contribution < 1.29 is 4.79 Å². The monoisotopic (exact) mass is 184 g/mol. The molecule has 0 radical (unpaired) electrons. The lowest BCUT2D eigenvalue weighted by Gasteiger charge is -2.08. The van der Waals surface area contributed by atoms with Crippen molar-refractivity contribution >= 4 is 11.9 Å². The van der Waals surface area contributed by atoms with Crippen molar-refractivity contribution in [2.45, 2.75) is 12.8 Å². The van der Waals surface area contributed by atoms with Crippen LogP contribution in [-0.4, -0.2) is 6.29 Å². The lowest BCUT2D eigenvalue weighted by atomic mass is 9.96. The molecule has 1 aliphatic rings. The molecule has 0 saturated heterocycles. The predicted molar refractivity (Wildman–Crippen MR) is 58.2 cm³/mol. The quantitative estimate of drug-likeness (QED) is 0.645. The van der Waals surface area contributed by atoms with Gasteiger partial charge in [-0.3, -0.25) is 4.79 Å². The summed E-state index contributed by atoms with van der Waals surface area (Å²) in [4.78, 5) is 10.8. The highest BCUT2D eigenvalue weighted by molar-refractivity contribution is 5.88. The Kier molecular flexibility index (Phi) is 2.59. The Morgan fingerprint density at radius 1 is 1.14 bits per heavy atom. The van der Waals surface area contributed by atoms with Crippen LogP contribution in [0.2, 0.25) is 0 Å². The van der Waals surface area contributed by atoms with Gasteiger partial charge in [-0.25, -0.2) is 0 Å². The minimum Gasteiger partial charge on any atom is -0.298 e. The highest BCUT2D eigenvalue weighted by Gasteiger charge is 2.05. The van der Waals surface area contributed by atoms with Crippen molar-refractivity contribution in [3.63, 3.8) is 0 Å². The van der Waals surface area contributed by atoms with E-state index in [4.69, 9.17) is 0 Å². The van der Waals surface area contributed by atoms with Crippen LogP contribution < -0.4 is 0 Å². The number of hydrogen-bond acceptors (Lipinski definition) is 1. The summed E-state index contributed by atoms with van der Waals surface area (Å²) in [5.74, 6) is 0. The molecule has 0 saturated carbocycles. The fraction of sp³-hybridized carbons (Fsp3) is 0.154. The zero-order valence-electron chi connectivity index (χ0n) is 7.94. The average molecular weight is 184 g/mol. The highest BCUT2D eigenvalue weighted by Crippen LogP contribution is 2.23. The van der Waals surface area contributed by atoms with Gasteiger partial charge in [-0.15, -0.1) is 0 Å². The molecule has 0 fully saturated rings. The summed E-state index contributed by atoms with van der Waals surface area (Å²) in [6.07, 6.45) is 9.51. The van der Waals surface area contributed by atoms with Crippen molar-refractivity contribution in [2.75, 3.05) is 0 Å². The van der Waals surface area contributed by atoms with E-state index in [-0.39, 0.29) is 0 Å². The van der Waals surface area contributed by atoms with Crippen LogP contribution in [0.3, 0.4) is 0 Å². The first kappa shape index (κ1) is 8.95. The van der Waals surface area contributed by atoms with E-state index < -0.39 is 0 Å². The molecule has 0 aliphatic heterocycles. The van der Waals surface area contributed by atoms with E-state index in [1.165, 1.54) is 5.57 Å². The van der Waals surface area contributed by atoms with Crippen LogP contribution in [-0.2, 0) is 0 Å². The average Bonchev–Trinajstić information content (AvgIpc) is 2.30. The lowest BCUT2D eigenvalue weighted by Crippen LogP contribution is -1.91. The summed E-state index contributed by atoms with van der Waals surface area (Å²) in [5.41, 5.74) is 2.97. The van der Waals surface area contributed by atoms with Crippen molar-refractivity contribution in [2.24, 2.45) is 0 Å². The third-order valence-corrected chi connectivity index (χ3v) is 2.39. The normalized spacial score (nSPS) is 15.0. The van der Waals surface area contributed by atoms with E-state index in [0.717, 1.165) is 30.3 Å². The molecule has 0 spiro atoms. The smallest absolute Gasteiger partial charge is 0.150 e. The number of hydrogen-bond donors (Lipinski definition) is 0. The molecule has 14 heavy (non-hydrogen) atoms. The SMILES string of the molecule is O=Cc1ccccc1C1=CCCC=C1. The van der Waals surface area contributed by atoms with Gasteiger partial charge in [0.05, 0.1) is 0 Å². The van der Waals surface area contributed by atoms with E-state index in [1.54, 1.807) is 0 Å². The molecule has 0 bridgehead atoms. The van der Waals surface area contributed by atoms with E-state index in [0.29, 0.717) is 0 Å². The van der Waals surface area contributed by atoms with Gasteiger partial charge >= 0.3 is 0 Å². The molecule has 1 aromatic carbocycles. The molecule has 70 valence electrons. The fourth-order valence-electron chi connectivity index (χ4n) is 1.68. The van der Waals surface area contributed by atoms with Gasteiger partial charge in [0.25, 0.3) is 0 Å². The van der Waals surface area contributed by atoms with E-state index in [9.17, 15) is 4.79 Å². The second-order valence-electron chi connectivity index (χ2n) is 3.34. The van der Waals surface area contributed by atoms with Crippen LogP contribution in [0, 0.1) is 0 Å². The molecule has 1 heteroatoms. The van der Waals surface area contributed by atoms with Gasteiger partial charge in [0.2, 0.25) is 0 Å². The Labute approximate surface area is 83.8 Å². The Morgan fingerprint density at radius 3 is 2.71 bits per heavy atom. The largest absolute Gasteiger partial charge is 0.298 e. The number of rotatable bonds is 2. The topological polar surface area (TPSA) is 17.1 Å². The lowest BCUT2D eigenvalue weighted by molar-refractivity contribution is 0.112. The maximum Gasteiger partial charge on any atom is 0.150 e. The second-order valence-corrected chi connectivity index (χ2v) is 3.34. The summed E-state index contributed by atoms with van der Waals surface area (Å²) < 4.78 is 0. The predicted octanol–water partition coefficient (Wildman–Crippen LogP) is 3.23. The van der Waals surface area contributed by atoms with E-state index >= 15 is 0 Å². The van der Waals surface area contributed by atoms with Crippen molar-refractivity contribution in [3.05, 3.63) is 53.6 Å². The summed E-state index contributed by atoms with van der Waals surface area (Å²) in [5, 5.41) is 0. The summed E-state index contributed by atoms with van der Waals surface area (Å²) >= 11 is 0. The molecule has 0 aromatic heterocycles. The minimum atomic E-state index is 0.769. The molecule has 0 unspecified atom stereocenters. The van der Waals surface area contributed by atoms with Gasteiger partial charge in [-0.1, -0.05) is 42.5 Å². The summed E-state index contributed by atoms with van der Waals surface area (Å²) in [7, 11) is 0. The summed E-state index contributed by atoms with van der Waals surface area (Å²) in [6.45, 7) is 0. The third kappa shape index (κ3) is 1.67. The van der Waals surface area contributed by atoms with Crippen LogP contribution in [0.1, 0.15) is 28.8 Å². The van der Waals surface area contributed by atoms with Gasteiger partial charge in [0.15, 0.2) is 6.29 Å². The number of allylic oxidation sites excluding steroid dienone is 4. The Hall–Kier alpha value is -1.63. The molecule has 0 heterocycles. The van der Waals surface area contributed by atoms with Gasteiger partial charge in [0.1, 0.15) is 0 Å². The number of carbonyl (C=O) groups is 1.